The van der Waals surface area contributed by atoms with Crippen molar-refractivity contribution in [3.8, 4) is 10.7 Å². The van der Waals surface area contributed by atoms with Gasteiger partial charge in [-0.1, -0.05) is 41.9 Å². The zero-order valence-electron chi connectivity index (χ0n) is 11.2. The second kappa shape index (κ2) is 6.35. The average Bonchev–Trinajstić information content (AvgIpc) is 2.97. The van der Waals surface area contributed by atoms with E-state index in [4.69, 9.17) is 17.3 Å². The van der Waals surface area contributed by atoms with Crippen LogP contribution in [0.3, 0.4) is 0 Å². The SMILES string of the molecule is NC(Cc1csc(-c2ccc(Cl)cn2)n1)c1ccccc1. The van der Waals surface area contributed by atoms with Gasteiger partial charge in [0.1, 0.15) is 5.01 Å². The maximum absolute atomic E-state index is 6.23. The van der Waals surface area contributed by atoms with Gasteiger partial charge < -0.3 is 5.73 Å². The van der Waals surface area contributed by atoms with Crippen LogP contribution in [-0.4, -0.2) is 9.97 Å². The van der Waals surface area contributed by atoms with Crippen molar-refractivity contribution < 1.29 is 0 Å². The molecule has 0 saturated carbocycles. The first-order valence-electron chi connectivity index (χ1n) is 6.59. The van der Waals surface area contributed by atoms with Gasteiger partial charge >= 0.3 is 0 Å². The molecule has 0 radical (unpaired) electrons. The Labute approximate surface area is 132 Å². The van der Waals surface area contributed by atoms with Gasteiger partial charge in [-0.3, -0.25) is 4.98 Å². The first-order chi connectivity index (χ1) is 10.2. The standard InChI is InChI=1S/C16H14ClN3S/c17-12-6-7-15(19-9-12)16-20-13(10-21-16)8-14(18)11-4-2-1-3-5-11/h1-7,9-10,14H,8,18H2. The van der Waals surface area contributed by atoms with Crippen molar-refractivity contribution in [3.05, 3.63) is 70.3 Å². The Kier molecular flexibility index (Phi) is 4.29. The Bertz CT molecular complexity index is 710. The summed E-state index contributed by atoms with van der Waals surface area (Å²) in [6, 6.07) is 13.7. The molecule has 1 aromatic carbocycles. The van der Waals surface area contributed by atoms with E-state index in [2.05, 4.69) is 9.97 Å². The largest absolute Gasteiger partial charge is 0.324 e. The van der Waals surface area contributed by atoms with E-state index in [9.17, 15) is 0 Å². The molecule has 0 spiro atoms. The van der Waals surface area contributed by atoms with E-state index < -0.39 is 0 Å². The third-order valence-corrected chi connectivity index (χ3v) is 4.29. The fourth-order valence-electron chi connectivity index (χ4n) is 2.06. The molecule has 5 heteroatoms. The molecule has 3 nitrogen and oxygen atoms in total. The predicted molar refractivity (Wildman–Crippen MR) is 87.4 cm³/mol. The topological polar surface area (TPSA) is 51.8 Å². The number of halogens is 1. The summed E-state index contributed by atoms with van der Waals surface area (Å²) in [5.74, 6) is 0. The summed E-state index contributed by atoms with van der Waals surface area (Å²) in [6.07, 6.45) is 2.35. The van der Waals surface area contributed by atoms with Gasteiger partial charge in [0.2, 0.25) is 0 Å². The first kappa shape index (κ1) is 14.2. The Balaban J connectivity index is 1.75. The molecule has 0 aliphatic carbocycles. The van der Waals surface area contributed by atoms with Crippen LogP contribution in [0.4, 0.5) is 0 Å². The van der Waals surface area contributed by atoms with E-state index in [0.29, 0.717) is 11.4 Å². The van der Waals surface area contributed by atoms with Gasteiger partial charge in [-0.05, 0) is 17.7 Å². The molecule has 0 aliphatic rings. The third-order valence-electron chi connectivity index (χ3n) is 3.16. The van der Waals surface area contributed by atoms with Crippen LogP contribution in [0, 0.1) is 0 Å². The Morgan fingerprint density at radius 1 is 1.14 bits per heavy atom. The zero-order valence-corrected chi connectivity index (χ0v) is 12.8. The van der Waals surface area contributed by atoms with E-state index in [1.54, 1.807) is 17.5 Å². The highest BCUT2D eigenvalue weighted by Gasteiger charge is 2.11. The van der Waals surface area contributed by atoms with Crippen molar-refractivity contribution in [2.45, 2.75) is 12.5 Å². The van der Waals surface area contributed by atoms with E-state index >= 15 is 0 Å². The predicted octanol–water partition coefficient (Wildman–Crippen LogP) is 4.10. The van der Waals surface area contributed by atoms with E-state index in [1.165, 1.54) is 0 Å². The zero-order chi connectivity index (χ0) is 14.7. The summed E-state index contributed by atoms with van der Waals surface area (Å²) in [7, 11) is 0. The number of benzene rings is 1. The fraction of sp³-hybridized carbons (Fsp3) is 0.125. The molecule has 0 aliphatic heterocycles. The number of rotatable bonds is 4. The molecule has 1 atom stereocenters. The lowest BCUT2D eigenvalue weighted by molar-refractivity contribution is 0.710. The van der Waals surface area contributed by atoms with Crippen molar-refractivity contribution >= 4 is 22.9 Å². The van der Waals surface area contributed by atoms with Crippen LogP contribution in [0.25, 0.3) is 10.7 Å². The molecular formula is C16H14ClN3S. The molecule has 0 saturated heterocycles. The number of nitrogens with two attached hydrogens (primary N) is 1. The molecule has 1 unspecified atom stereocenters. The summed E-state index contributed by atoms with van der Waals surface area (Å²) >= 11 is 7.42. The maximum atomic E-state index is 6.23. The van der Waals surface area contributed by atoms with E-state index in [0.717, 1.165) is 22.0 Å². The number of hydrogen-bond acceptors (Lipinski definition) is 4. The monoisotopic (exact) mass is 315 g/mol. The summed E-state index contributed by atoms with van der Waals surface area (Å²) in [5.41, 5.74) is 9.17. The minimum Gasteiger partial charge on any atom is -0.324 e. The van der Waals surface area contributed by atoms with Gasteiger partial charge in [0.25, 0.3) is 0 Å². The molecule has 2 heterocycles. The van der Waals surface area contributed by atoms with Crippen LogP contribution >= 0.6 is 22.9 Å². The lowest BCUT2D eigenvalue weighted by atomic mass is 10.0. The number of thiazole rings is 1. The van der Waals surface area contributed by atoms with Crippen molar-refractivity contribution in [3.63, 3.8) is 0 Å². The van der Waals surface area contributed by atoms with Gasteiger partial charge in [0.15, 0.2) is 0 Å². The van der Waals surface area contributed by atoms with E-state index in [1.807, 2.05) is 47.8 Å². The van der Waals surface area contributed by atoms with Crippen LogP contribution in [0.5, 0.6) is 0 Å². The maximum Gasteiger partial charge on any atom is 0.142 e. The Hall–Kier alpha value is -1.75. The first-order valence-corrected chi connectivity index (χ1v) is 7.85. The minimum absolute atomic E-state index is 0.0423. The number of hydrogen-bond donors (Lipinski definition) is 1. The van der Waals surface area contributed by atoms with Crippen molar-refractivity contribution in [2.24, 2.45) is 5.73 Å². The second-order valence-corrected chi connectivity index (χ2v) is 6.02. The molecule has 0 bridgehead atoms. The van der Waals surface area contributed by atoms with Gasteiger partial charge in [0.05, 0.1) is 16.4 Å². The quantitative estimate of drug-likeness (QED) is 0.788. The average molecular weight is 316 g/mol. The van der Waals surface area contributed by atoms with Gasteiger partial charge in [0, 0.05) is 24.0 Å². The molecule has 3 aromatic rings. The lowest BCUT2D eigenvalue weighted by Crippen LogP contribution is -2.13. The summed E-state index contributed by atoms with van der Waals surface area (Å²) < 4.78 is 0. The smallest absolute Gasteiger partial charge is 0.142 e. The molecule has 2 aromatic heterocycles. The molecule has 0 amide bonds. The molecule has 3 rings (SSSR count). The summed E-state index contributed by atoms with van der Waals surface area (Å²) in [6.45, 7) is 0. The molecule has 2 N–H and O–H groups in total. The fourth-order valence-corrected chi connectivity index (χ4v) is 2.98. The Morgan fingerprint density at radius 3 is 2.67 bits per heavy atom. The van der Waals surface area contributed by atoms with Crippen LogP contribution in [0.15, 0.2) is 54.0 Å². The normalized spacial score (nSPS) is 12.3. The Morgan fingerprint density at radius 2 is 1.95 bits per heavy atom. The second-order valence-electron chi connectivity index (χ2n) is 4.73. The van der Waals surface area contributed by atoms with E-state index in [-0.39, 0.29) is 6.04 Å². The minimum atomic E-state index is -0.0423. The molecule has 106 valence electrons. The highest BCUT2D eigenvalue weighted by Crippen LogP contribution is 2.25. The number of pyridine rings is 1. The number of aromatic nitrogens is 2. The number of nitrogens with zero attached hydrogens (tertiary/aromatic N) is 2. The van der Waals surface area contributed by atoms with Crippen LogP contribution in [0.2, 0.25) is 5.02 Å². The molecule has 0 fully saturated rings. The summed E-state index contributed by atoms with van der Waals surface area (Å²) in [5, 5.41) is 3.55. The third kappa shape index (κ3) is 3.47. The van der Waals surface area contributed by atoms with Gasteiger partial charge in [-0.2, -0.15) is 0 Å². The highest BCUT2D eigenvalue weighted by molar-refractivity contribution is 7.13. The van der Waals surface area contributed by atoms with Gasteiger partial charge in [-0.15, -0.1) is 11.3 Å². The molecular weight excluding hydrogens is 302 g/mol. The van der Waals surface area contributed by atoms with Crippen LogP contribution < -0.4 is 5.73 Å². The van der Waals surface area contributed by atoms with Crippen LogP contribution in [-0.2, 0) is 6.42 Å². The van der Waals surface area contributed by atoms with Crippen molar-refractivity contribution in [2.75, 3.05) is 0 Å². The summed E-state index contributed by atoms with van der Waals surface area (Å²) in [4.78, 5) is 8.89. The molecule has 21 heavy (non-hydrogen) atoms. The van der Waals surface area contributed by atoms with Crippen molar-refractivity contribution in [1.29, 1.82) is 0 Å². The van der Waals surface area contributed by atoms with Crippen molar-refractivity contribution in [1.82, 2.24) is 9.97 Å². The lowest BCUT2D eigenvalue weighted by Gasteiger charge is -2.09. The van der Waals surface area contributed by atoms with Gasteiger partial charge in [-0.25, -0.2) is 4.98 Å². The highest BCUT2D eigenvalue weighted by atomic mass is 35.5. The van der Waals surface area contributed by atoms with Crippen LogP contribution in [0.1, 0.15) is 17.3 Å².